The van der Waals surface area contributed by atoms with Gasteiger partial charge in [0.2, 0.25) is 0 Å². The molecular formula is C19H41N. The summed E-state index contributed by atoms with van der Waals surface area (Å²) in [5, 5.41) is 0. The van der Waals surface area contributed by atoms with E-state index < -0.39 is 0 Å². The van der Waals surface area contributed by atoms with Gasteiger partial charge in [0.15, 0.2) is 0 Å². The highest BCUT2D eigenvalue weighted by molar-refractivity contribution is 5.13. The highest BCUT2D eigenvalue weighted by Crippen LogP contribution is 2.22. The molecule has 0 saturated carbocycles. The lowest BCUT2D eigenvalue weighted by Crippen LogP contribution is -2.42. The molecule has 1 nitrogen and oxygen atoms in total. The Hall–Kier alpha value is -0.300. The lowest BCUT2D eigenvalue weighted by Gasteiger charge is -2.34. The van der Waals surface area contributed by atoms with Gasteiger partial charge >= 0.3 is 0 Å². The average molecular weight is 284 g/mol. The quantitative estimate of drug-likeness (QED) is 0.547. The molecule has 122 valence electrons. The first-order chi connectivity index (χ1) is 8.93. The maximum absolute atomic E-state index is 2.50. The highest BCUT2D eigenvalue weighted by atomic mass is 15.2. The second-order valence-corrected chi connectivity index (χ2v) is 7.49. The average Bonchev–Trinajstić information content (AvgIpc) is 2.12. The third-order valence-electron chi connectivity index (χ3n) is 3.61. The van der Waals surface area contributed by atoms with Gasteiger partial charge in [-0.2, -0.15) is 0 Å². The van der Waals surface area contributed by atoms with Gasteiger partial charge in [0.25, 0.3) is 0 Å². The van der Waals surface area contributed by atoms with Crippen molar-refractivity contribution in [3.05, 3.63) is 11.1 Å². The van der Waals surface area contributed by atoms with E-state index in [0.717, 1.165) is 0 Å². The second-order valence-electron chi connectivity index (χ2n) is 7.49. The van der Waals surface area contributed by atoms with Crippen LogP contribution in [-0.2, 0) is 0 Å². The van der Waals surface area contributed by atoms with E-state index in [1.54, 1.807) is 5.57 Å². The van der Waals surface area contributed by atoms with Crippen LogP contribution in [0.3, 0.4) is 0 Å². The summed E-state index contributed by atoms with van der Waals surface area (Å²) in [6, 6.07) is 2.00. The summed E-state index contributed by atoms with van der Waals surface area (Å²) in [5.74, 6) is 1.43. The Morgan fingerprint density at radius 1 is 0.550 bits per heavy atom. The van der Waals surface area contributed by atoms with E-state index in [4.69, 9.17) is 0 Å². The monoisotopic (exact) mass is 283 g/mol. The van der Waals surface area contributed by atoms with Gasteiger partial charge in [0, 0.05) is 18.1 Å². The fraction of sp³-hybridized carbons (Fsp3) is 0.895. The molecular weight excluding hydrogens is 242 g/mol. The standard InChI is InChI=1S/C10H20.C9H21N/c2*1-7(2)10(8(3)4)9(5)6/h7-8H,1-6H3;7-9H,1-6H3. The van der Waals surface area contributed by atoms with Crippen LogP contribution in [0.15, 0.2) is 11.1 Å². The van der Waals surface area contributed by atoms with Gasteiger partial charge < -0.3 is 0 Å². The zero-order chi connectivity index (χ0) is 16.6. The Morgan fingerprint density at radius 2 is 0.800 bits per heavy atom. The third-order valence-corrected chi connectivity index (χ3v) is 3.61. The fourth-order valence-corrected chi connectivity index (χ4v) is 3.61. The van der Waals surface area contributed by atoms with Gasteiger partial charge in [-0.05, 0) is 67.2 Å². The van der Waals surface area contributed by atoms with Crippen molar-refractivity contribution in [1.29, 1.82) is 0 Å². The summed E-state index contributed by atoms with van der Waals surface area (Å²) in [4.78, 5) is 2.50. The number of nitrogens with zero attached hydrogens (tertiary/aromatic N) is 1. The van der Waals surface area contributed by atoms with Crippen molar-refractivity contribution >= 4 is 0 Å². The zero-order valence-electron chi connectivity index (χ0n) is 16.3. The van der Waals surface area contributed by atoms with Gasteiger partial charge in [-0.15, -0.1) is 0 Å². The molecule has 0 rings (SSSR count). The maximum Gasteiger partial charge on any atom is 0.00439 e. The SMILES string of the molecule is CC(C)=C(C(C)C)C(C)C.CC(C)N(C(C)C)C(C)C. The molecule has 0 atom stereocenters. The van der Waals surface area contributed by atoms with Crippen LogP contribution in [0.2, 0.25) is 0 Å². The lowest BCUT2D eigenvalue weighted by atomic mass is 9.89. The van der Waals surface area contributed by atoms with Crippen molar-refractivity contribution in [2.24, 2.45) is 11.8 Å². The highest BCUT2D eigenvalue weighted by Gasteiger charge is 2.15. The molecule has 0 aliphatic heterocycles. The first kappa shape index (κ1) is 22.0. The van der Waals surface area contributed by atoms with Crippen molar-refractivity contribution in [2.75, 3.05) is 0 Å². The smallest absolute Gasteiger partial charge is 0.00439 e. The Bertz CT molecular complexity index is 236. The fourth-order valence-electron chi connectivity index (χ4n) is 3.61. The Kier molecular flexibility index (Phi) is 11.5. The van der Waals surface area contributed by atoms with Crippen LogP contribution < -0.4 is 0 Å². The van der Waals surface area contributed by atoms with E-state index >= 15 is 0 Å². The minimum atomic E-state index is 0.667. The van der Waals surface area contributed by atoms with Gasteiger partial charge in [0.1, 0.15) is 0 Å². The van der Waals surface area contributed by atoms with Crippen molar-refractivity contribution in [3.8, 4) is 0 Å². The summed E-state index contributed by atoms with van der Waals surface area (Å²) in [7, 11) is 0. The van der Waals surface area contributed by atoms with Crippen LogP contribution in [0, 0.1) is 11.8 Å². The molecule has 20 heavy (non-hydrogen) atoms. The van der Waals surface area contributed by atoms with Crippen LogP contribution in [0.25, 0.3) is 0 Å². The topological polar surface area (TPSA) is 3.24 Å². The van der Waals surface area contributed by atoms with Gasteiger partial charge in [-0.3, -0.25) is 4.90 Å². The van der Waals surface area contributed by atoms with Crippen LogP contribution in [-0.4, -0.2) is 23.0 Å². The molecule has 0 aromatic heterocycles. The van der Waals surface area contributed by atoms with E-state index in [9.17, 15) is 0 Å². The van der Waals surface area contributed by atoms with Crippen molar-refractivity contribution < 1.29 is 0 Å². The molecule has 0 heterocycles. The molecule has 0 fully saturated rings. The van der Waals surface area contributed by atoms with E-state index in [1.807, 2.05) is 0 Å². The molecule has 0 aliphatic carbocycles. The molecule has 1 heteroatoms. The normalized spacial score (nSPS) is 11.7. The van der Waals surface area contributed by atoms with E-state index in [1.165, 1.54) is 5.57 Å². The molecule has 0 aliphatic rings. The molecule has 0 aromatic carbocycles. The van der Waals surface area contributed by atoms with Crippen LogP contribution in [0.4, 0.5) is 0 Å². The summed E-state index contributed by atoms with van der Waals surface area (Å²) < 4.78 is 0. The Balaban J connectivity index is 0. The van der Waals surface area contributed by atoms with Crippen LogP contribution in [0.5, 0.6) is 0 Å². The Labute approximate surface area is 129 Å². The van der Waals surface area contributed by atoms with Crippen LogP contribution >= 0.6 is 0 Å². The molecule has 0 amide bonds. The van der Waals surface area contributed by atoms with E-state index in [0.29, 0.717) is 30.0 Å². The van der Waals surface area contributed by atoms with Gasteiger partial charge in [0.05, 0.1) is 0 Å². The van der Waals surface area contributed by atoms with Crippen molar-refractivity contribution in [3.63, 3.8) is 0 Å². The number of hydrogen-bond donors (Lipinski definition) is 0. The molecule has 0 radical (unpaired) electrons. The van der Waals surface area contributed by atoms with E-state index in [2.05, 4.69) is 88.0 Å². The molecule has 0 saturated heterocycles. The summed E-state index contributed by atoms with van der Waals surface area (Å²) in [5.41, 5.74) is 3.10. The lowest BCUT2D eigenvalue weighted by molar-refractivity contribution is 0.133. The minimum absolute atomic E-state index is 0.667. The number of rotatable bonds is 5. The molecule has 0 N–H and O–H groups in total. The predicted octanol–water partition coefficient (Wildman–Crippen LogP) is 6.15. The molecule has 0 aromatic rings. The van der Waals surface area contributed by atoms with Gasteiger partial charge in [-0.1, -0.05) is 38.8 Å². The predicted molar refractivity (Wildman–Crippen MR) is 95.3 cm³/mol. The van der Waals surface area contributed by atoms with E-state index in [-0.39, 0.29) is 0 Å². The molecule has 0 bridgehead atoms. The molecule has 0 unspecified atom stereocenters. The largest absolute Gasteiger partial charge is 0.296 e. The number of hydrogen-bond acceptors (Lipinski definition) is 1. The Morgan fingerprint density at radius 3 is 0.800 bits per heavy atom. The minimum Gasteiger partial charge on any atom is -0.296 e. The summed E-state index contributed by atoms with van der Waals surface area (Å²) in [6.45, 7) is 27.0. The first-order valence-corrected chi connectivity index (χ1v) is 8.38. The zero-order valence-corrected chi connectivity index (χ0v) is 16.3. The van der Waals surface area contributed by atoms with Crippen molar-refractivity contribution in [2.45, 2.75) is 101 Å². The summed E-state index contributed by atoms with van der Waals surface area (Å²) in [6.07, 6.45) is 0. The number of allylic oxidation sites excluding steroid dienone is 2. The maximum atomic E-state index is 2.50. The second kappa shape index (κ2) is 10.4. The van der Waals surface area contributed by atoms with Crippen LogP contribution in [0.1, 0.15) is 83.1 Å². The first-order valence-electron chi connectivity index (χ1n) is 8.38. The molecule has 0 spiro atoms. The van der Waals surface area contributed by atoms with Crippen molar-refractivity contribution in [1.82, 2.24) is 4.90 Å². The van der Waals surface area contributed by atoms with Gasteiger partial charge in [-0.25, -0.2) is 0 Å². The summed E-state index contributed by atoms with van der Waals surface area (Å²) >= 11 is 0. The third kappa shape index (κ3) is 8.79.